The SMILES string of the molecule is Cc1sc(C(=O)N2CCC(C)CC2CN)cc1-c1ccc(F)cc1. The van der Waals surface area contributed by atoms with Crippen LogP contribution >= 0.6 is 11.3 Å². The third-order valence-electron chi connectivity index (χ3n) is 4.79. The predicted octanol–water partition coefficient (Wildman–Crippen LogP) is 4.06. The van der Waals surface area contributed by atoms with Crippen molar-refractivity contribution in [2.45, 2.75) is 32.7 Å². The van der Waals surface area contributed by atoms with E-state index < -0.39 is 0 Å². The summed E-state index contributed by atoms with van der Waals surface area (Å²) in [6.07, 6.45) is 1.99. The lowest BCUT2D eigenvalue weighted by atomic mass is 9.92. The van der Waals surface area contributed by atoms with Crippen LogP contribution in [0.2, 0.25) is 0 Å². The number of amides is 1. The molecule has 2 aromatic rings. The zero-order chi connectivity index (χ0) is 17.3. The minimum atomic E-state index is -0.254. The summed E-state index contributed by atoms with van der Waals surface area (Å²) in [5.41, 5.74) is 7.82. The minimum Gasteiger partial charge on any atom is -0.334 e. The van der Waals surface area contributed by atoms with Crippen LogP contribution in [-0.4, -0.2) is 29.9 Å². The van der Waals surface area contributed by atoms with E-state index >= 15 is 0 Å². The number of carbonyl (C=O) groups is 1. The van der Waals surface area contributed by atoms with Crippen LogP contribution in [-0.2, 0) is 0 Å². The van der Waals surface area contributed by atoms with Gasteiger partial charge in [-0.2, -0.15) is 0 Å². The molecule has 5 heteroatoms. The Bertz CT molecular complexity index is 725. The van der Waals surface area contributed by atoms with Crippen LogP contribution in [0.3, 0.4) is 0 Å². The number of thiophene rings is 1. The topological polar surface area (TPSA) is 46.3 Å². The maximum Gasteiger partial charge on any atom is 0.264 e. The molecule has 3 nitrogen and oxygen atoms in total. The average molecular weight is 346 g/mol. The summed E-state index contributed by atoms with van der Waals surface area (Å²) in [5, 5.41) is 0. The maximum atomic E-state index is 13.1. The Kier molecular flexibility index (Phi) is 5.01. The summed E-state index contributed by atoms with van der Waals surface area (Å²) < 4.78 is 13.1. The normalized spacial score (nSPS) is 21.1. The summed E-state index contributed by atoms with van der Waals surface area (Å²) in [7, 11) is 0. The number of hydrogen-bond acceptors (Lipinski definition) is 3. The van der Waals surface area contributed by atoms with Gasteiger partial charge in [0.25, 0.3) is 5.91 Å². The van der Waals surface area contributed by atoms with Gasteiger partial charge >= 0.3 is 0 Å². The van der Waals surface area contributed by atoms with Crippen molar-refractivity contribution in [2.75, 3.05) is 13.1 Å². The van der Waals surface area contributed by atoms with Crippen LogP contribution in [0.15, 0.2) is 30.3 Å². The summed E-state index contributed by atoms with van der Waals surface area (Å²) in [6.45, 7) is 5.49. The Balaban J connectivity index is 1.86. The number of likely N-dealkylation sites (tertiary alicyclic amines) is 1. The van der Waals surface area contributed by atoms with Crippen molar-refractivity contribution in [3.05, 3.63) is 45.9 Å². The standard InChI is InChI=1S/C19H23FN2OS/c1-12-7-8-22(16(9-12)11-21)19(23)18-10-17(13(2)24-18)14-3-5-15(20)6-4-14/h3-6,10,12,16H,7-9,11,21H2,1-2H3. The number of hydrogen-bond donors (Lipinski definition) is 1. The third kappa shape index (κ3) is 3.37. The number of piperidine rings is 1. The first-order chi connectivity index (χ1) is 11.5. The molecule has 1 aliphatic rings. The molecule has 2 unspecified atom stereocenters. The van der Waals surface area contributed by atoms with Gasteiger partial charge in [-0.05, 0) is 55.0 Å². The second-order valence-corrected chi connectivity index (χ2v) is 7.86. The molecule has 1 aromatic carbocycles. The van der Waals surface area contributed by atoms with Crippen LogP contribution < -0.4 is 5.73 Å². The van der Waals surface area contributed by atoms with Crippen LogP contribution in [0.1, 0.15) is 34.3 Å². The second-order valence-electron chi connectivity index (χ2n) is 6.61. The van der Waals surface area contributed by atoms with Crippen molar-refractivity contribution in [3.63, 3.8) is 0 Å². The van der Waals surface area contributed by atoms with E-state index in [-0.39, 0.29) is 17.8 Å². The average Bonchev–Trinajstić information content (AvgIpc) is 2.96. The molecule has 0 bridgehead atoms. The molecule has 2 N–H and O–H groups in total. The molecule has 0 saturated carbocycles. The van der Waals surface area contributed by atoms with Crippen LogP contribution in [0.4, 0.5) is 4.39 Å². The molecule has 0 radical (unpaired) electrons. The number of nitrogens with two attached hydrogens (primary N) is 1. The van der Waals surface area contributed by atoms with E-state index in [4.69, 9.17) is 5.73 Å². The van der Waals surface area contributed by atoms with Crippen molar-refractivity contribution >= 4 is 17.2 Å². The molecule has 24 heavy (non-hydrogen) atoms. The van der Waals surface area contributed by atoms with Crippen LogP contribution in [0.5, 0.6) is 0 Å². The van der Waals surface area contributed by atoms with Gasteiger partial charge in [0.2, 0.25) is 0 Å². The highest BCUT2D eigenvalue weighted by molar-refractivity contribution is 7.14. The Morgan fingerprint density at radius 2 is 2.08 bits per heavy atom. The van der Waals surface area contributed by atoms with E-state index in [1.807, 2.05) is 17.9 Å². The molecule has 3 rings (SSSR count). The van der Waals surface area contributed by atoms with Crippen molar-refractivity contribution in [3.8, 4) is 11.1 Å². The number of nitrogens with zero attached hydrogens (tertiary/aromatic N) is 1. The molecule has 2 heterocycles. The van der Waals surface area contributed by atoms with Gasteiger partial charge in [0, 0.05) is 24.0 Å². The molecule has 2 atom stereocenters. The number of rotatable bonds is 3. The van der Waals surface area contributed by atoms with Crippen LogP contribution in [0.25, 0.3) is 11.1 Å². The first-order valence-corrected chi connectivity index (χ1v) is 9.18. The van der Waals surface area contributed by atoms with Gasteiger partial charge in [-0.3, -0.25) is 4.79 Å². The molecular formula is C19H23FN2OS. The molecule has 1 fully saturated rings. The fourth-order valence-corrected chi connectivity index (χ4v) is 4.39. The van der Waals surface area contributed by atoms with E-state index in [9.17, 15) is 9.18 Å². The minimum absolute atomic E-state index is 0.0683. The predicted molar refractivity (Wildman–Crippen MR) is 96.7 cm³/mol. The molecule has 1 aliphatic heterocycles. The molecular weight excluding hydrogens is 323 g/mol. The first kappa shape index (κ1) is 17.1. The van der Waals surface area contributed by atoms with Gasteiger partial charge in [0.1, 0.15) is 5.82 Å². The van der Waals surface area contributed by atoms with Crippen molar-refractivity contribution in [1.29, 1.82) is 0 Å². The van der Waals surface area contributed by atoms with E-state index in [1.165, 1.54) is 23.5 Å². The number of benzene rings is 1. The summed E-state index contributed by atoms with van der Waals surface area (Å²) >= 11 is 1.50. The van der Waals surface area contributed by atoms with Crippen LogP contribution in [0, 0.1) is 18.7 Å². The van der Waals surface area contributed by atoms with Gasteiger partial charge in [0.15, 0.2) is 0 Å². The lowest BCUT2D eigenvalue weighted by Gasteiger charge is -2.37. The van der Waals surface area contributed by atoms with Gasteiger partial charge < -0.3 is 10.6 Å². The zero-order valence-corrected chi connectivity index (χ0v) is 14.9. The van der Waals surface area contributed by atoms with E-state index in [0.29, 0.717) is 12.5 Å². The zero-order valence-electron chi connectivity index (χ0n) is 14.1. The lowest BCUT2D eigenvalue weighted by Crippen LogP contribution is -2.49. The maximum absolute atomic E-state index is 13.1. The Hall–Kier alpha value is -1.72. The summed E-state index contributed by atoms with van der Waals surface area (Å²) in [6, 6.07) is 8.46. The Morgan fingerprint density at radius 3 is 2.75 bits per heavy atom. The Labute approximate surface area is 146 Å². The lowest BCUT2D eigenvalue weighted by molar-refractivity contribution is 0.0578. The van der Waals surface area contributed by atoms with Gasteiger partial charge in [-0.1, -0.05) is 19.1 Å². The third-order valence-corrected chi connectivity index (χ3v) is 5.83. The van der Waals surface area contributed by atoms with Crippen molar-refractivity contribution in [1.82, 2.24) is 4.90 Å². The van der Waals surface area contributed by atoms with Gasteiger partial charge in [-0.25, -0.2) is 4.39 Å². The van der Waals surface area contributed by atoms with E-state index in [0.717, 1.165) is 40.3 Å². The van der Waals surface area contributed by atoms with Gasteiger partial charge in [0.05, 0.1) is 4.88 Å². The molecule has 0 spiro atoms. The first-order valence-electron chi connectivity index (χ1n) is 8.37. The number of aryl methyl sites for hydroxylation is 1. The quantitative estimate of drug-likeness (QED) is 0.911. The molecule has 1 saturated heterocycles. The molecule has 1 amide bonds. The summed E-state index contributed by atoms with van der Waals surface area (Å²) in [5.74, 6) is 0.428. The van der Waals surface area contributed by atoms with E-state index in [1.54, 1.807) is 12.1 Å². The molecule has 128 valence electrons. The van der Waals surface area contributed by atoms with Crippen molar-refractivity contribution < 1.29 is 9.18 Å². The molecule has 1 aromatic heterocycles. The highest BCUT2D eigenvalue weighted by atomic mass is 32.1. The fraction of sp³-hybridized carbons (Fsp3) is 0.421. The highest BCUT2D eigenvalue weighted by Gasteiger charge is 2.30. The number of halogens is 1. The second kappa shape index (κ2) is 7.03. The summed E-state index contributed by atoms with van der Waals surface area (Å²) in [4.78, 5) is 16.7. The number of carbonyl (C=O) groups excluding carboxylic acids is 1. The smallest absolute Gasteiger partial charge is 0.264 e. The van der Waals surface area contributed by atoms with Crippen molar-refractivity contribution in [2.24, 2.45) is 11.7 Å². The monoisotopic (exact) mass is 346 g/mol. The molecule has 0 aliphatic carbocycles. The fourth-order valence-electron chi connectivity index (χ4n) is 3.39. The van der Waals surface area contributed by atoms with E-state index in [2.05, 4.69) is 6.92 Å². The Morgan fingerprint density at radius 1 is 1.38 bits per heavy atom. The van der Waals surface area contributed by atoms with Gasteiger partial charge in [-0.15, -0.1) is 11.3 Å². The highest BCUT2D eigenvalue weighted by Crippen LogP contribution is 2.33. The largest absolute Gasteiger partial charge is 0.334 e.